The number of hydrogen-bond donors (Lipinski definition) is 3. The van der Waals surface area contributed by atoms with Crippen molar-refractivity contribution in [3.05, 3.63) is 42.2 Å². The van der Waals surface area contributed by atoms with E-state index in [1.807, 2.05) is 12.3 Å². The summed E-state index contributed by atoms with van der Waals surface area (Å²) in [4.78, 5) is 20.1. The second-order valence-corrected chi connectivity index (χ2v) is 5.36. The Hall–Kier alpha value is -3.62. The first kappa shape index (κ1) is 19.7. The standard InChI is InChI=1S/C13H13N7.C2HF3O2/c1-9(4-11-7-15-8-17-11)19-12-2-3-16-13-10(5-14)6-18-20(12)13;3-2(4,5)1(6)7/h2-3,6-9,19H,4H2,1H3,(H,15,17);(H,6,7). The van der Waals surface area contributed by atoms with E-state index in [4.69, 9.17) is 15.2 Å². The number of carbonyl (C=O) groups is 1. The molecule has 3 heterocycles. The van der Waals surface area contributed by atoms with E-state index in [9.17, 15) is 13.2 Å². The summed E-state index contributed by atoms with van der Waals surface area (Å²) in [6.07, 6.45) is 2.40. The largest absolute Gasteiger partial charge is 0.490 e. The molecule has 142 valence electrons. The first-order chi connectivity index (χ1) is 12.7. The molecule has 12 heteroatoms. The average molecular weight is 381 g/mol. The average Bonchev–Trinajstić information content (AvgIpc) is 3.24. The van der Waals surface area contributed by atoms with Crippen LogP contribution in [-0.4, -0.2) is 47.9 Å². The van der Waals surface area contributed by atoms with Crippen LogP contribution in [0.1, 0.15) is 18.2 Å². The van der Waals surface area contributed by atoms with Gasteiger partial charge in [-0.05, 0) is 13.0 Å². The van der Waals surface area contributed by atoms with Crippen molar-refractivity contribution in [1.29, 1.82) is 5.26 Å². The summed E-state index contributed by atoms with van der Waals surface area (Å²) in [5, 5.41) is 23.7. The van der Waals surface area contributed by atoms with Crippen molar-refractivity contribution >= 4 is 17.4 Å². The molecule has 0 aliphatic rings. The number of anilines is 1. The second-order valence-electron chi connectivity index (χ2n) is 5.36. The van der Waals surface area contributed by atoms with Crippen LogP contribution in [0.25, 0.3) is 5.65 Å². The molecule has 0 amide bonds. The summed E-state index contributed by atoms with van der Waals surface area (Å²) in [6.45, 7) is 2.07. The van der Waals surface area contributed by atoms with Crippen LogP contribution in [0.5, 0.6) is 0 Å². The molecule has 0 fully saturated rings. The zero-order chi connectivity index (χ0) is 20.0. The number of nitrogens with zero attached hydrogens (tertiary/aromatic N) is 5. The molecule has 3 aromatic rings. The van der Waals surface area contributed by atoms with Crippen molar-refractivity contribution in [2.45, 2.75) is 25.6 Å². The Morgan fingerprint density at radius 2 is 2.19 bits per heavy atom. The van der Waals surface area contributed by atoms with Gasteiger partial charge in [-0.15, -0.1) is 0 Å². The number of alkyl halides is 3. The van der Waals surface area contributed by atoms with Gasteiger partial charge in [0.05, 0.1) is 12.5 Å². The lowest BCUT2D eigenvalue weighted by molar-refractivity contribution is -0.192. The Morgan fingerprint density at radius 1 is 1.48 bits per heavy atom. The van der Waals surface area contributed by atoms with Crippen LogP contribution in [0.4, 0.5) is 19.0 Å². The van der Waals surface area contributed by atoms with Crippen molar-refractivity contribution < 1.29 is 23.1 Å². The number of carboxylic acids is 1. The zero-order valence-electron chi connectivity index (χ0n) is 13.9. The fourth-order valence-electron chi connectivity index (χ4n) is 2.11. The van der Waals surface area contributed by atoms with Crippen LogP contribution >= 0.6 is 0 Å². The molecule has 0 aliphatic heterocycles. The third-order valence-corrected chi connectivity index (χ3v) is 3.24. The molecule has 0 saturated heterocycles. The lowest BCUT2D eigenvalue weighted by atomic mass is 10.2. The Kier molecular flexibility index (Phi) is 5.96. The number of aromatic nitrogens is 5. The van der Waals surface area contributed by atoms with Crippen LogP contribution in [0.3, 0.4) is 0 Å². The molecule has 3 rings (SSSR count). The van der Waals surface area contributed by atoms with Gasteiger partial charge < -0.3 is 15.4 Å². The Morgan fingerprint density at radius 3 is 2.74 bits per heavy atom. The molecule has 3 N–H and O–H groups in total. The van der Waals surface area contributed by atoms with E-state index in [2.05, 4.69) is 38.4 Å². The normalized spacial score (nSPS) is 12.0. The smallest absolute Gasteiger partial charge is 0.475 e. The Balaban J connectivity index is 0.000000321. The fourth-order valence-corrected chi connectivity index (χ4v) is 2.11. The van der Waals surface area contributed by atoms with E-state index in [0.29, 0.717) is 11.2 Å². The van der Waals surface area contributed by atoms with Gasteiger partial charge in [0, 0.05) is 30.6 Å². The van der Waals surface area contributed by atoms with Crippen molar-refractivity contribution in [3.8, 4) is 6.07 Å². The van der Waals surface area contributed by atoms with Gasteiger partial charge in [-0.3, -0.25) is 0 Å². The number of nitriles is 1. The Bertz CT molecular complexity index is 945. The molecule has 0 saturated carbocycles. The highest BCUT2D eigenvalue weighted by atomic mass is 19.4. The monoisotopic (exact) mass is 381 g/mol. The number of imidazole rings is 1. The first-order valence-corrected chi connectivity index (χ1v) is 7.49. The van der Waals surface area contributed by atoms with Gasteiger partial charge in [-0.25, -0.2) is 14.8 Å². The number of fused-ring (bicyclic) bond motifs is 1. The number of carboxylic acid groups (broad SMARTS) is 1. The molecular formula is C15H14F3N7O2. The topological polar surface area (TPSA) is 132 Å². The minimum absolute atomic E-state index is 0.191. The molecule has 0 aliphatic carbocycles. The van der Waals surface area contributed by atoms with Gasteiger partial charge >= 0.3 is 12.1 Å². The molecule has 0 aromatic carbocycles. The Labute approximate surface area is 150 Å². The summed E-state index contributed by atoms with van der Waals surface area (Å²) in [6, 6.07) is 4.11. The van der Waals surface area contributed by atoms with Crippen LogP contribution in [0.15, 0.2) is 31.0 Å². The van der Waals surface area contributed by atoms with E-state index in [1.54, 1.807) is 17.0 Å². The lowest BCUT2D eigenvalue weighted by Crippen LogP contribution is -2.21. The number of nitrogens with one attached hydrogen (secondary N) is 2. The third-order valence-electron chi connectivity index (χ3n) is 3.24. The molecule has 1 atom stereocenters. The number of halogens is 3. The molecule has 0 bridgehead atoms. The van der Waals surface area contributed by atoms with E-state index < -0.39 is 12.1 Å². The van der Waals surface area contributed by atoms with E-state index in [0.717, 1.165) is 17.9 Å². The van der Waals surface area contributed by atoms with E-state index in [-0.39, 0.29) is 6.04 Å². The number of aromatic amines is 1. The molecule has 3 aromatic heterocycles. The highest BCUT2D eigenvalue weighted by Crippen LogP contribution is 2.14. The van der Waals surface area contributed by atoms with Crippen LogP contribution in [0.2, 0.25) is 0 Å². The number of H-pyrrole nitrogens is 1. The van der Waals surface area contributed by atoms with Gasteiger partial charge in [-0.1, -0.05) is 0 Å². The maximum absolute atomic E-state index is 10.6. The van der Waals surface area contributed by atoms with Crippen molar-refractivity contribution in [3.63, 3.8) is 0 Å². The van der Waals surface area contributed by atoms with Gasteiger partial charge in [0.1, 0.15) is 17.5 Å². The predicted molar refractivity (Wildman–Crippen MR) is 86.8 cm³/mol. The van der Waals surface area contributed by atoms with Crippen molar-refractivity contribution in [2.24, 2.45) is 0 Å². The van der Waals surface area contributed by atoms with Gasteiger partial charge in [0.2, 0.25) is 0 Å². The summed E-state index contributed by atoms with van der Waals surface area (Å²) in [7, 11) is 0. The van der Waals surface area contributed by atoms with Crippen molar-refractivity contribution in [2.75, 3.05) is 5.32 Å². The summed E-state index contributed by atoms with van der Waals surface area (Å²) in [5.74, 6) is -1.95. The molecule has 1 unspecified atom stereocenters. The highest BCUT2D eigenvalue weighted by Gasteiger charge is 2.38. The molecular weight excluding hydrogens is 367 g/mol. The molecule has 0 spiro atoms. The highest BCUT2D eigenvalue weighted by molar-refractivity contribution is 5.73. The fraction of sp³-hybridized carbons (Fsp3) is 0.267. The van der Waals surface area contributed by atoms with Gasteiger partial charge in [0.15, 0.2) is 5.65 Å². The van der Waals surface area contributed by atoms with Crippen molar-refractivity contribution in [1.82, 2.24) is 24.6 Å². The number of aliphatic carboxylic acids is 1. The minimum atomic E-state index is -5.08. The predicted octanol–water partition coefficient (Wildman–Crippen LogP) is 2.00. The number of hydrogen-bond acceptors (Lipinski definition) is 6. The number of rotatable bonds is 4. The molecule has 9 nitrogen and oxygen atoms in total. The van der Waals surface area contributed by atoms with E-state index in [1.165, 1.54) is 6.20 Å². The maximum Gasteiger partial charge on any atom is 0.490 e. The third kappa shape index (κ3) is 5.18. The zero-order valence-corrected chi connectivity index (χ0v) is 13.9. The summed E-state index contributed by atoms with van der Waals surface area (Å²) in [5.41, 5.74) is 2.09. The first-order valence-electron chi connectivity index (χ1n) is 7.49. The maximum atomic E-state index is 10.6. The van der Waals surface area contributed by atoms with Gasteiger partial charge in [-0.2, -0.15) is 28.0 Å². The molecule has 0 radical (unpaired) electrons. The summed E-state index contributed by atoms with van der Waals surface area (Å²) < 4.78 is 33.4. The van der Waals surface area contributed by atoms with Gasteiger partial charge in [0.25, 0.3) is 0 Å². The van der Waals surface area contributed by atoms with Crippen LogP contribution in [0, 0.1) is 11.3 Å². The minimum Gasteiger partial charge on any atom is -0.475 e. The SMILES string of the molecule is CC(Cc1cnc[nH]1)Nc1ccnc2c(C#N)cnn12.O=C(O)C(F)(F)F. The summed E-state index contributed by atoms with van der Waals surface area (Å²) >= 11 is 0. The van der Waals surface area contributed by atoms with Crippen LogP contribution in [-0.2, 0) is 11.2 Å². The second kappa shape index (κ2) is 8.17. The van der Waals surface area contributed by atoms with E-state index >= 15 is 0 Å². The van der Waals surface area contributed by atoms with Crippen LogP contribution < -0.4 is 5.32 Å². The lowest BCUT2D eigenvalue weighted by Gasteiger charge is -2.14. The molecule has 27 heavy (non-hydrogen) atoms. The quantitative estimate of drug-likeness (QED) is 0.630.